The van der Waals surface area contributed by atoms with Gasteiger partial charge in [-0.15, -0.1) is 0 Å². The Morgan fingerprint density at radius 1 is 1.52 bits per heavy atom. The molecule has 21 heavy (non-hydrogen) atoms. The van der Waals surface area contributed by atoms with E-state index in [0.717, 1.165) is 12.8 Å². The van der Waals surface area contributed by atoms with E-state index in [1.807, 2.05) is 0 Å². The van der Waals surface area contributed by atoms with Crippen molar-refractivity contribution < 1.29 is 19.4 Å². The fraction of sp³-hybridized carbons (Fsp3) is 0.533. The largest absolute Gasteiger partial charge is 0.507 e. The smallest absolute Gasteiger partial charge is 0.255 e. The summed E-state index contributed by atoms with van der Waals surface area (Å²) >= 11 is 0. The number of rotatable bonds is 3. The Kier molecular flexibility index (Phi) is 3.73. The van der Waals surface area contributed by atoms with Crippen LogP contribution in [0.4, 0.5) is 0 Å². The summed E-state index contributed by atoms with van der Waals surface area (Å²) in [6.45, 7) is 0.716. The number of fused-ring (bicyclic) bond motifs is 1. The number of ether oxygens (including phenoxy) is 2. The standard InChI is InChI=1S/C15H20N2O4/c1-20-8-4-5-9(11(18)7-8)15(19)17-13-12(16)10-3-2-6-21-14(10)13/h4-5,7,10,12-14,18H,2-3,6,16H2,1H3,(H,17,19). The maximum Gasteiger partial charge on any atom is 0.255 e. The summed E-state index contributed by atoms with van der Waals surface area (Å²) in [5, 5.41) is 12.8. The molecule has 1 heterocycles. The SMILES string of the molecule is COc1ccc(C(=O)NC2C(N)C3CCCOC32)c(O)c1. The maximum absolute atomic E-state index is 12.3. The lowest BCUT2D eigenvalue weighted by molar-refractivity contribution is -0.117. The third-order valence-electron chi connectivity index (χ3n) is 4.42. The predicted molar refractivity (Wildman–Crippen MR) is 76.4 cm³/mol. The van der Waals surface area contributed by atoms with Crippen LogP contribution >= 0.6 is 0 Å². The number of nitrogens with one attached hydrogen (secondary N) is 1. The summed E-state index contributed by atoms with van der Waals surface area (Å²) in [6.07, 6.45) is 2.07. The molecule has 3 rings (SSSR count). The van der Waals surface area contributed by atoms with E-state index < -0.39 is 0 Å². The molecule has 0 bridgehead atoms. The van der Waals surface area contributed by atoms with Gasteiger partial charge in [0.2, 0.25) is 0 Å². The minimum absolute atomic E-state index is 0.00177. The Bertz CT molecular complexity index is 548. The van der Waals surface area contributed by atoms with Crippen LogP contribution in [0.25, 0.3) is 0 Å². The Morgan fingerprint density at radius 2 is 2.33 bits per heavy atom. The molecule has 4 N–H and O–H groups in total. The summed E-state index contributed by atoms with van der Waals surface area (Å²) in [5.41, 5.74) is 6.32. The topological polar surface area (TPSA) is 93.8 Å². The fourth-order valence-electron chi connectivity index (χ4n) is 3.19. The average molecular weight is 292 g/mol. The van der Waals surface area contributed by atoms with Gasteiger partial charge >= 0.3 is 0 Å². The van der Waals surface area contributed by atoms with E-state index in [2.05, 4.69) is 5.32 Å². The first-order chi connectivity index (χ1) is 10.1. The number of methoxy groups -OCH3 is 1. The van der Waals surface area contributed by atoms with Crippen LogP contribution in [-0.4, -0.2) is 42.9 Å². The monoisotopic (exact) mass is 292 g/mol. The number of aromatic hydroxyl groups is 1. The molecule has 1 saturated heterocycles. The van der Waals surface area contributed by atoms with Crippen LogP contribution in [-0.2, 0) is 4.74 Å². The number of nitrogens with two attached hydrogens (primary N) is 1. The Labute approximate surface area is 123 Å². The number of carbonyl (C=O) groups excluding carboxylic acids is 1. The first-order valence-corrected chi connectivity index (χ1v) is 7.17. The van der Waals surface area contributed by atoms with Gasteiger partial charge in [0.25, 0.3) is 5.91 Å². The van der Waals surface area contributed by atoms with Gasteiger partial charge in [-0.1, -0.05) is 0 Å². The van der Waals surface area contributed by atoms with Crippen molar-refractivity contribution in [2.45, 2.75) is 31.0 Å². The van der Waals surface area contributed by atoms with E-state index in [1.165, 1.54) is 19.2 Å². The van der Waals surface area contributed by atoms with Gasteiger partial charge in [-0.2, -0.15) is 0 Å². The molecular formula is C15H20N2O4. The second kappa shape index (κ2) is 5.54. The fourth-order valence-corrected chi connectivity index (χ4v) is 3.19. The first kappa shape index (κ1) is 14.2. The van der Waals surface area contributed by atoms with Crippen LogP contribution in [0.3, 0.4) is 0 Å². The summed E-state index contributed by atoms with van der Waals surface area (Å²) in [4.78, 5) is 12.3. The number of hydrogen-bond acceptors (Lipinski definition) is 5. The zero-order valence-electron chi connectivity index (χ0n) is 11.9. The molecule has 1 aromatic rings. The van der Waals surface area contributed by atoms with Crippen molar-refractivity contribution in [1.82, 2.24) is 5.32 Å². The van der Waals surface area contributed by atoms with E-state index in [4.69, 9.17) is 15.2 Å². The lowest BCUT2D eigenvalue weighted by Crippen LogP contribution is -2.72. The van der Waals surface area contributed by atoms with Crippen LogP contribution in [0.1, 0.15) is 23.2 Å². The molecule has 4 atom stereocenters. The van der Waals surface area contributed by atoms with Gasteiger partial charge in [-0.05, 0) is 25.0 Å². The second-order valence-corrected chi connectivity index (χ2v) is 5.60. The number of hydrogen-bond donors (Lipinski definition) is 3. The molecule has 114 valence electrons. The Hall–Kier alpha value is -1.79. The predicted octanol–water partition coefficient (Wildman–Crippen LogP) is 0.635. The summed E-state index contributed by atoms with van der Waals surface area (Å²) in [7, 11) is 1.50. The van der Waals surface area contributed by atoms with E-state index in [0.29, 0.717) is 18.3 Å². The van der Waals surface area contributed by atoms with Crippen molar-refractivity contribution in [1.29, 1.82) is 0 Å². The summed E-state index contributed by atoms with van der Waals surface area (Å²) in [5.74, 6) is 0.373. The minimum Gasteiger partial charge on any atom is -0.507 e. The van der Waals surface area contributed by atoms with Crippen molar-refractivity contribution in [3.8, 4) is 11.5 Å². The highest BCUT2D eigenvalue weighted by atomic mass is 16.5. The van der Waals surface area contributed by atoms with E-state index in [9.17, 15) is 9.90 Å². The number of carbonyl (C=O) groups is 1. The van der Waals surface area contributed by atoms with Crippen LogP contribution in [0.15, 0.2) is 18.2 Å². The lowest BCUT2D eigenvalue weighted by atomic mass is 9.68. The summed E-state index contributed by atoms with van der Waals surface area (Å²) in [6, 6.07) is 4.31. The highest BCUT2D eigenvalue weighted by molar-refractivity contribution is 5.97. The van der Waals surface area contributed by atoms with Gasteiger partial charge in [0, 0.05) is 24.6 Å². The Morgan fingerprint density at radius 3 is 3.05 bits per heavy atom. The number of phenols is 1. The van der Waals surface area contributed by atoms with E-state index >= 15 is 0 Å². The van der Waals surface area contributed by atoms with Gasteiger partial charge in [0.15, 0.2) is 0 Å². The molecule has 1 aliphatic heterocycles. The molecule has 1 saturated carbocycles. The molecule has 1 aromatic carbocycles. The number of amides is 1. The third kappa shape index (κ3) is 2.45. The zero-order chi connectivity index (χ0) is 15.0. The molecule has 0 spiro atoms. The Balaban J connectivity index is 1.69. The maximum atomic E-state index is 12.3. The van der Waals surface area contributed by atoms with Crippen molar-refractivity contribution in [2.75, 3.05) is 13.7 Å². The first-order valence-electron chi connectivity index (χ1n) is 7.17. The molecular weight excluding hydrogens is 272 g/mol. The molecule has 2 aliphatic rings. The quantitative estimate of drug-likeness (QED) is 0.760. The van der Waals surface area contributed by atoms with Crippen molar-refractivity contribution in [3.05, 3.63) is 23.8 Å². The molecule has 2 fully saturated rings. The molecule has 1 aliphatic carbocycles. The number of benzene rings is 1. The summed E-state index contributed by atoms with van der Waals surface area (Å²) < 4.78 is 10.7. The molecule has 1 amide bonds. The lowest BCUT2D eigenvalue weighted by Gasteiger charge is -2.52. The normalized spacial score (nSPS) is 31.0. The van der Waals surface area contributed by atoms with E-state index in [-0.39, 0.29) is 35.4 Å². The van der Waals surface area contributed by atoms with Gasteiger partial charge in [0.1, 0.15) is 11.5 Å². The second-order valence-electron chi connectivity index (χ2n) is 5.60. The highest BCUT2D eigenvalue weighted by Gasteiger charge is 2.51. The van der Waals surface area contributed by atoms with E-state index in [1.54, 1.807) is 6.07 Å². The van der Waals surface area contributed by atoms with Crippen LogP contribution in [0.2, 0.25) is 0 Å². The average Bonchev–Trinajstić information content (AvgIpc) is 2.51. The molecule has 6 heteroatoms. The van der Waals surface area contributed by atoms with Gasteiger partial charge in [-0.3, -0.25) is 4.79 Å². The molecule has 4 unspecified atom stereocenters. The van der Waals surface area contributed by atoms with Crippen molar-refractivity contribution >= 4 is 5.91 Å². The van der Waals surface area contributed by atoms with Gasteiger partial charge in [-0.25, -0.2) is 0 Å². The van der Waals surface area contributed by atoms with Gasteiger partial charge in [0.05, 0.1) is 24.8 Å². The van der Waals surface area contributed by atoms with Crippen molar-refractivity contribution in [3.63, 3.8) is 0 Å². The minimum atomic E-state index is -0.344. The van der Waals surface area contributed by atoms with Crippen LogP contribution < -0.4 is 15.8 Å². The molecule has 0 aromatic heterocycles. The van der Waals surface area contributed by atoms with Crippen LogP contribution in [0, 0.1) is 5.92 Å². The molecule has 6 nitrogen and oxygen atoms in total. The van der Waals surface area contributed by atoms with Gasteiger partial charge < -0.3 is 25.6 Å². The highest BCUT2D eigenvalue weighted by Crippen LogP contribution is 2.37. The third-order valence-corrected chi connectivity index (χ3v) is 4.42. The van der Waals surface area contributed by atoms with Crippen LogP contribution in [0.5, 0.6) is 11.5 Å². The number of phenolic OH excluding ortho intramolecular Hbond substituents is 1. The molecule has 0 radical (unpaired) electrons. The zero-order valence-corrected chi connectivity index (χ0v) is 11.9. The van der Waals surface area contributed by atoms with Crippen molar-refractivity contribution in [2.24, 2.45) is 11.7 Å².